The van der Waals surface area contributed by atoms with Crippen LogP contribution in [0.15, 0.2) is 12.5 Å². The number of nitrogens with one attached hydrogen (secondary N) is 1. The van der Waals surface area contributed by atoms with Crippen molar-refractivity contribution < 1.29 is 0 Å². The van der Waals surface area contributed by atoms with Crippen LogP contribution in [0.5, 0.6) is 0 Å². The minimum absolute atomic E-state index is 0.557. The van der Waals surface area contributed by atoms with Crippen LogP contribution in [0, 0.1) is 5.41 Å². The molecule has 0 aromatic carbocycles. The highest BCUT2D eigenvalue weighted by atomic mass is 15.1. The van der Waals surface area contributed by atoms with Gasteiger partial charge in [-0.3, -0.25) is 0 Å². The first-order valence-electron chi connectivity index (χ1n) is 7.54. The van der Waals surface area contributed by atoms with Crippen LogP contribution in [0.25, 0.3) is 0 Å². The van der Waals surface area contributed by atoms with E-state index in [-0.39, 0.29) is 0 Å². The molecule has 1 heterocycles. The molecule has 3 rings (SSSR count). The van der Waals surface area contributed by atoms with Crippen molar-refractivity contribution in [1.29, 1.82) is 0 Å². The van der Waals surface area contributed by atoms with Gasteiger partial charge in [0.2, 0.25) is 0 Å². The van der Waals surface area contributed by atoms with Crippen LogP contribution >= 0.6 is 0 Å². The van der Waals surface area contributed by atoms with Crippen LogP contribution in [0.2, 0.25) is 0 Å². The fourth-order valence-corrected chi connectivity index (χ4v) is 3.26. The van der Waals surface area contributed by atoms with Crippen LogP contribution in [0.3, 0.4) is 0 Å². The van der Waals surface area contributed by atoms with Crippen molar-refractivity contribution in [2.75, 3.05) is 0 Å². The molecule has 0 radical (unpaired) electrons. The van der Waals surface area contributed by atoms with Gasteiger partial charge in [-0.15, -0.1) is 0 Å². The molecule has 3 heteroatoms. The first-order valence-corrected chi connectivity index (χ1v) is 7.54. The van der Waals surface area contributed by atoms with Gasteiger partial charge in [0.25, 0.3) is 0 Å². The minimum atomic E-state index is 0.557. The van der Waals surface area contributed by atoms with E-state index in [2.05, 4.69) is 28.0 Å². The Kier molecular flexibility index (Phi) is 3.42. The number of hydrogen-bond donors (Lipinski definition) is 1. The van der Waals surface area contributed by atoms with Crippen LogP contribution in [0.1, 0.15) is 57.6 Å². The van der Waals surface area contributed by atoms with Crippen molar-refractivity contribution in [3.63, 3.8) is 0 Å². The Hall–Kier alpha value is -0.830. The van der Waals surface area contributed by atoms with Gasteiger partial charge in [-0.25, -0.2) is 4.98 Å². The molecular formula is C15H25N3. The van der Waals surface area contributed by atoms with E-state index < -0.39 is 0 Å². The molecule has 0 unspecified atom stereocenters. The number of hydrogen-bond acceptors (Lipinski definition) is 2. The van der Waals surface area contributed by atoms with E-state index in [4.69, 9.17) is 0 Å². The molecule has 0 bridgehead atoms. The molecule has 0 spiro atoms. The summed E-state index contributed by atoms with van der Waals surface area (Å²) in [5.74, 6) is 0. The third-order valence-corrected chi connectivity index (χ3v) is 4.77. The molecule has 18 heavy (non-hydrogen) atoms. The maximum absolute atomic E-state index is 4.52. The van der Waals surface area contributed by atoms with E-state index in [1.165, 1.54) is 57.2 Å². The summed E-state index contributed by atoms with van der Waals surface area (Å²) in [5, 5.41) is 3.53. The highest BCUT2D eigenvalue weighted by Crippen LogP contribution is 2.42. The third-order valence-electron chi connectivity index (χ3n) is 4.77. The monoisotopic (exact) mass is 247 g/mol. The normalized spacial score (nSPS) is 22.5. The second-order valence-corrected chi connectivity index (χ2v) is 6.25. The predicted molar refractivity (Wildman–Crippen MR) is 73.3 cm³/mol. The Labute approximate surface area is 110 Å². The van der Waals surface area contributed by atoms with Crippen LogP contribution < -0.4 is 5.32 Å². The summed E-state index contributed by atoms with van der Waals surface area (Å²) in [6.07, 6.45) is 13.9. The van der Waals surface area contributed by atoms with Gasteiger partial charge in [-0.05, 0) is 37.5 Å². The van der Waals surface area contributed by atoms with Crippen molar-refractivity contribution in [3.05, 3.63) is 18.2 Å². The van der Waals surface area contributed by atoms with Crippen LogP contribution in [-0.4, -0.2) is 15.6 Å². The summed E-state index contributed by atoms with van der Waals surface area (Å²) in [6.45, 7) is 4.45. The Morgan fingerprint density at radius 2 is 2.17 bits per heavy atom. The van der Waals surface area contributed by atoms with E-state index in [0.29, 0.717) is 5.41 Å². The van der Waals surface area contributed by atoms with Crippen molar-refractivity contribution in [2.24, 2.45) is 5.41 Å². The summed E-state index contributed by atoms with van der Waals surface area (Å²) in [7, 11) is 0. The fourth-order valence-electron chi connectivity index (χ4n) is 3.26. The summed E-state index contributed by atoms with van der Waals surface area (Å²) in [5.41, 5.74) is 1.76. The molecule has 2 fully saturated rings. The lowest BCUT2D eigenvalue weighted by molar-refractivity contribution is 0.237. The smallest absolute Gasteiger partial charge is 0.0950 e. The molecule has 1 N–H and O–H groups in total. The van der Waals surface area contributed by atoms with E-state index in [9.17, 15) is 0 Å². The Balaban J connectivity index is 1.58. The highest BCUT2D eigenvalue weighted by Gasteiger charge is 2.32. The lowest BCUT2D eigenvalue weighted by Gasteiger charge is -2.27. The number of nitrogens with zero attached hydrogens (tertiary/aromatic N) is 2. The number of imidazole rings is 1. The lowest BCUT2D eigenvalue weighted by atomic mass is 9.83. The SMILES string of the molecule is CCC1(Cn2cnc(CNC3CC3)c2)CCCC1. The molecule has 100 valence electrons. The van der Waals surface area contributed by atoms with Crippen molar-refractivity contribution in [2.45, 2.75) is 71.0 Å². The quantitative estimate of drug-likeness (QED) is 0.837. The van der Waals surface area contributed by atoms with Crippen molar-refractivity contribution in [3.8, 4) is 0 Å². The van der Waals surface area contributed by atoms with Crippen LogP contribution in [0.4, 0.5) is 0 Å². The summed E-state index contributed by atoms with van der Waals surface area (Å²) in [4.78, 5) is 4.52. The Morgan fingerprint density at radius 3 is 2.83 bits per heavy atom. The van der Waals surface area contributed by atoms with E-state index in [0.717, 1.165) is 12.6 Å². The highest BCUT2D eigenvalue weighted by molar-refractivity contribution is 4.99. The second-order valence-electron chi connectivity index (χ2n) is 6.25. The van der Waals surface area contributed by atoms with Gasteiger partial charge in [0, 0.05) is 25.3 Å². The molecule has 3 nitrogen and oxygen atoms in total. The average Bonchev–Trinajstić information content (AvgIpc) is 2.93. The third kappa shape index (κ3) is 2.77. The fraction of sp³-hybridized carbons (Fsp3) is 0.800. The molecule has 1 aromatic rings. The molecule has 1 aromatic heterocycles. The molecular weight excluding hydrogens is 222 g/mol. The van der Waals surface area contributed by atoms with Gasteiger partial charge in [-0.1, -0.05) is 19.8 Å². The first kappa shape index (κ1) is 12.2. The summed E-state index contributed by atoms with van der Waals surface area (Å²) < 4.78 is 2.32. The number of rotatable bonds is 6. The molecule has 0 aliphatic heterocycles. The standard InChI is InChI=1S/C15H25N3/c1-2-15(7-3-4-8-15)11-18-10-14(17-12-18)9-16-13-5-6-13/h10,12-13,16H,2-9,11H2,1H3. The Bertz CT molecular complexity index is 386. The summed E-state index contributed by atoms with van der Waals surface area (Å²) in [6, 6.07) is 0.770. The first-order chi connectivity index (χ1) is 8.80. The molecule has 0 saturated heterocycles. The largest absolute Gasteiger partial charge is 0.337 e. The van der Waals surface area contributed by atoms with Gasteiger partial charge in [-0.2, -0.15) is 0 Å². The zero-order valence-electron chi connectivity index (χ0n) is 11.5. The van der Waals surface area contributed by atoms with E-state index >= 15 is 0 Å². The maximum Gasteiger partial charge on any atom is 0.0950 e. The van der Waals surface area contributed by atoms with Crippen molar-refractivity contribution >= 4 is 0 Å². The minimum Gasteiger partial charge on any atom is -0.337 e. The molecule has 2 aliphatic carbocycles. The molecule has 0 atom stereocenters. The molecule has 2 aliphatic rings. The average molecular weight is 247 g/mol. The van der Waals surface area contributed by atoms with Crippen LogP contribution in [-0.2, 0) is 13.1 Å². The molecule has 0 amide bonds. The van der Waals surface area contributed by atoms with Gasteiger partial charge < -0.3 is 9.88 Å². The van der Waals surface area contributed by atoms with Gasteiger partial charge >= 0.3 is 0 Å². The predicted octanol–water partition coefficient (Wildman–Crippen LogP) is 3.11. The zero-order chi connectivity index (χ0) is 12.4. The maximum atomic E-state index is 4.52. The van der Waals surface area contributed by atoms with Gasteiger partial charge in [0.15, 0.2) is 0 Å². The van der Waals surface area contributed by atoms with Gasteiger partial charge in [0.05, 0.1) is 12.0 Å². The van der Waals surface area contributed by atoms with E-state index in [1.807, 2.05) is 6.33 Å². The van der Waals surface area contributed by atoms with Crippen molar-refractivity contribution in [1.82, 2.24) is 14.9 Å². The number of aromatic nitrogens is 2. The lowest BCUT2D eigenvalue weighted by Crippen LogP contribution is -2.22. The Morgan fingerprint density at radius 1 is 1.39 bits per heavy atom. The second kappa shape index (κ2) is 5.04. The zero-order valence-corrected chi connectivity index (χ0v) is 11.5. The summed E-state index contributed by atoms with van der Waals surface area (Å²) >= 11 is 0. The van der Waals surface area contributed by atoms with E-state index in [1.54, 1.807) is 0 Å². The molecule has 2 saturated carbocycles. The topological polar surface area (TPSA) is 29.9 Å². The van der Waals surface area contributed by atoms with Gasteiger partial charge in [0.1, 0.15) is 0 Å².